The summed E-state index contributed by atoms with van der Waals surface area (Å²) < 4.78 is 40.6. The van der Waals surface area contributed by atoms with E-state index in [4.69, 9.17) is 23.2 Å². The van der Waals surface area contributed by atoms with Crippen LogP contribution in [-0.4, -0.2) is 32.3 Å². The molecular weight excluding hydrogens is 538 g/mol. The first-order valence-electron chi connectivity index (χ1n) is 10.4. The lowest BCUT2D eigenvalue weighted by molar-refractivity contribution is -0.137. The minimum absolute atomic E-state index is 0.0263. The number of nitrogens with one attached hydrogen (secondary N) is 2. The SMILES string of the molecule is C=CCn1c(SCC(=O)Nc2cc(C(F)(F)F)ccc2Cl)nnc1[C@H](C)NC(=O)c1ccccc1Cl. The number of halogens is 5. The molecule has 0 saturated heterocycles. The Hall–Kier alpha value is -3.02. The second-order valence-electron chi connectivity index (χ2n) is 7.44. The van der Waals surface area contributed by atoms with Crippen molar-refractivity contribution in [2.45, 2.75) is 30.8 Å². The molecule has 0 aliphatic rings. The van der Waals surface area contributed by atoms with Gasteiger partial charge in [0.25, 0.3) is 5.91 Å². The zero-order chi connectivity index (χ0) is 26.5. The van der Waals surface area contributed by atoms with Crippen LogP contribution in [-0.2, 0) is 17.5 Å². The van der Waals surface area contributed by atoms with E-state index in [9.17, 15) is 22.8 Å². The molecule has 2 amide bonds. The Balaban J connectivity index is 1.70. The highest BCUT2D eigenvalue weighted by Gasteiger charge is 2.31. The van der Waals surface area contributed by atoms with E-state index in [1.165, 1.54) is 0 Å². The van der Waals surface area contributed by atoms with Crippen molar-refractivity contribution in [3.05, 3.63) is 82.1 Å². The van der Waals surface area contributed by atoms with Crippen molar-refractivity contribution in [3.63, 3.8) is 0 Å². The molecule has 0 unspecified atom stereocenters. The number of carbonyl (C=O) groups is 2. The van der Waals surface area contributed by atoms with E-state index in [-0.39, 0.29) is 23.0 Å². The molecule has 0 aliphatic heterocycles. The molecule has 190 valence electrons. The number of thioether (sulfide) groups is 1. The largest absolute Gasteiger partial charge is 0.416 e. The number of hydrogen-bond donors (Lipinski definition) is 2. The van der Waals surface area contributed by atoms with Crippen LogP contribution in [0.1, 0.15) is 34.7 Å². The van der Waals surface area contributed by atoms with Crippen LogP contribution in [0.25, 0.3) is 0 Å². The van der Waals surface area contributed by atoms with E-state index in [1.54, 1.807) is 41.8 Å². The summed E-state index contributed by atoms with van der Waals surface area (Å²) in [7, 11) is 0. The third-order valence-electron chi connectivity index (χ3n) is 4.81. The van der Waals surface area contributed by atoms with Crippen molar-refractivity contribution in [2.75, 3.05) is 11.1 Å². The van der Waals surface area contributed by atoms with Gasteiger partial charge in [-0.1, -0.05) is 53.2 Å². The highest BCUT2D eigenvalue weighted by Crippen LogP contribution is 2.34. The summed E-state index contributed by atoms with van der Waals surface area (Å²) >= 11 is 13.0. The third kappa shape index (κ3) is 6.80. The topological polar surface area (TPSA) is 88.9 Å². The van der Waals surface area contributed by atoms with Gasteiger partial charge < -0.3 is 15.2 Å². The number of aromatic nitrogens is 3. The van der Waals surface area contributed by atoms with Gasteiger partial charge in [-0.15, -0.1) is 16.8 Å². The number of alkyl halides is 3. The smallest absolute Gasteiger partial charge is 0.342 e. The molecule has 2 aromatic carbocycles. The van der Waals surface area contributed by atoms with Crippen LogP contribution in [0.5, 0.6) is 0 Å². The minimum atomic E-state index is -4.58. The lowest BCUT2D eigenvalue weighted by Gasteiger charge is -2.16. The summed E-state index contributed by atoms with van der Waals surface area (Å²) in [5.74, 6) is -0.745. The molecule has 0 bridgehead atoms. The fourth-order valence-corrected chi connectivity index (χ4v) is 4.27. The highest BCUT2D eigenvalue weighted by atomic mass is 35.5. The molecule has 0 aliphatic carbocycles. The van der Waals surface area contributed by atoms with Gasteiger partial charge in [0.15, 0.2) is 11.0 Å². The Morgan fingerprint density at radius 1 is 1.17 bits per heavy atom. The van der Waals surface area contributed by atoms with Crippen LogP contribution in [0, 0.1) is 0 Å². The number of hydrogen-bond acceptors (Lipinski definition) is 5. The van der Waals surface area contributed by atoms with Crippen molar-refractivity contribution < 1.29 is 22.8 Å². The van der Waals surface area contributed by atoms with E-state index >= 15 is 0 Å². The second kappa shape index (κ2) is 11.8. The van der Waals surface area contributed by atoms with E-state index in [0.717, 1.165) is 30.0 Å². The third-order valence-corrected chi connectivity index (χ3v) is 6.44. The molecule has 0 spiro atoms. The van der Waals surface area contributed by atoms with Gasteiger partial charge in [-0.05, 0) is 37.3 Å². The van der Waals surface area contributed by atoms with Crippen LogP contribution in [0.3, 0.4) is 0 Å². The first kappa shape index (κ1) is 27.6. The Bertz CT molecular complexity index is 1280. The standard InChI is InChI=1S/C23H20Cl2F3N5O2S/c1-3-10-33-20(13(2)29-21(35)15-6-4-5-7-16(15)24)31-32-22(33)36-12-19(34)30-18-11-14(23(26,27)28)8-9-17(18)25/h3-9,11,13H,1,10,12H2,2H3,(H,29,35)(H,30,34)/t13-/m0/s1. The summed E-state index contributed by atoms with van der Waals surface area (Å²) in [6, 6.07) is 8.71. The zero-order valence-corrected chi connectivity index (χ0v) is 21.1. The Morgan fingerprint density at radius 3 is 2.56 bits per heavy atom. The summed E-state index contributed by atoms with van der Waals surface area (Å²) in [4.78, 5) is 25.0. The van der Waals surface area contributed by atoms with Crippen LogP contribution in [0.4, 0.5) is 18.9 Å². The van der Waals surface area contributed by atoms with Crippen molar-refractivity contribution in [2.24, 2.45) is 0 Å². The van der Waals surface area contributed by atoms with Gasteiger partial charge in [0.2, 0.25) is 5.91 Å². The fourth-order valence-electron chi connectivity index (χ4n) is 3.13. The Kier molecular flexibility index (Phi) is 9.04. The highest BCUT2D eigenvalue weighted by molar-refractivity contribution is 7.99. The number of amides is 2. The zero-order valence-electron chi connectivity index (χ0n) is 18.8. The molecule has 0 saturated carbocycles. The van der Waals surface area contributed by atoms with E-state index in [2.05, 4.69) is 27.4 Å². The van der Waals surface area contributed by atoms with Gasteiger partial charge in [-0.2, -0.15) is 13.2 Å². The number of carbonyl (C=O) groups excluding carboxylic acids is 2. The Labute approximate surface area is 219 Å². The molecule has 3 aromatic rings. The van der Waals surface area contributed by atoms with Crippen LogP contribution < -0.4 is 10.6 Å². The molecule has 0 fully saturated rings. The lowest BCUT2D eigenvalue weighted by Crippen LogP contribution is -2.29. The summed E-state index contributed by atoms with van der Waals surface area (Å²) in [6.07, 6.45) is -2.98. The number of benzene rings is 2. The van der Waals surface area contributed by atoms with Crippen molar-refractivity contribution >= 4 is 52.5 Å². The number of rotatable bonds is 9. The summed E-state index contributed by atoms with van der Waals surface area (Å²) in [5.41, 5.74) is -0.778. The predicted molar refractivity (Wildman–Crippen MR) is 133 cm³/mol. The van der Waals surface area contributed by atoms with Gasteiger partial charge in [0.1, 0.15) is 0 Å². The molecule has 7 nitrogen and oxygen atoms in total. The first-order valence-corrected chi connectivity index (χ1v) is 12.1. The predicted octanol–water partition coefficient (Wildman–Crippen LogP) is 6.01. The molecule has 13 heteroatoms. The monoisotopic (exact) mass is 557 g/mol. The molecular formula is C23H20Cl2F3N5O2S. The molecule has 1 heterocycles. The molecule has 0 radical (unpaired) electrons. The molecule has 3 rings (SSSR count). The quantitative estimate of drug-likeness (QED) is 0.248. The first-order chi connectivity index (χ1) is 17.0. The van der Waals surface area contributed by atoms with Crippen LogP contribution >= 0.6 is 35.0 Å². The average Bonchev–Trinajstić information content (AvgIpc) is 3.21. The lowest BCUT2D eigenvalue weighted by atomic mass is 10.2. The van der Waals surface area contributed by atoms with E-state index in [0.29, 0.717) is 21.6 Å². The number of anilines is 1. The van der Waals surface area contributed by atoms with Crippen molar-refractivity contribution in [3.8, 4) is 0 Å². The van der Waals surface area contributed by atoms with E-state index in [1.807, 2.05) is 0 Å². The van der Waals surface area contributed by atoms with Gasteiger partial charge in [-0.3, -0.25) is 9.59 Å². The Morgan fingerprint density at radius 2 is 1.89 bits per heavy atom. The van der Waals surface area contributed by atoms with Gasteiger partial charge in [-0.25, -0.2) is 0 Å². The van der Waals surface area contributed by atoms with Crippen LogP contribution in [0.2, 0.25) is 10.0 Å². The molecule has 1 atom stereocenters. The van der Waals surface area contributed by atoms with Crippen molar-refractivity contribution in [1.82, 2.24) is 20.1 Å². The number of allylic oxidation sites excluding steroid dienone is 1. The van der Waals surface area contributed by atoms with Gasteiger partial charge in [0, 0.05) is 6.54 Å². The van der Waals surface area contributed by atoms with Gasteiger partial charge in [0.05, 0.1) is 38.7 Å². The molecule has 2 N–H and O–H groups in total. The maximum atomic E-state index is 13.0. The van der Waals surface area contributed by atoms with Crippen LogP contribution in [0.15, 0.2) is 60.3 Å². The maximum Gasteiger partial charge on any atom is 0.416 e. The molecule has 36 heavy (non-hydrogen) atoms. The summed E-state index contributed by atoms with van der Waals surface area (Å²) in [5, 5.41) is 14.1. The number of nitrogens with zero attached hydrogens (tertiary/aromatic N) is 3. The normalized spacial score (nSPS) is 12.2. The van der Waals surface area contributed by atoms with Crippen molar-refractivity contribution in [1.29, 1.82) is 0 Å². The average molecular weight is 558 g/mol. The van der Waals surface area contributed by atoms with E-state index < -0.39 is 29.6 Å². The second-order valence-corrected chi connectivity index (χ2v) is 9.20. The molecule has 1 aromatic heterocycles. The van der Waals surface area contributed by atoms with Gasteiger partial charge >= 0.3 is 6.18 Å². The minimum Gasteiger partial charge on any atom is -0.342 e. The fraction of sp³-hybridized carbons (Fsp3) is 0.217. The maximum absolute atomic E-state index is 13.0. The summed E-state index contributed by atoms with van der Waals surface area (Å²) in [6.45, 7) is 5.72.